The molecule has 0 bridgehead atoms. The summed E-state index contributed by atoms with van der Waals surface area (Å²) in [6.07, 6.45) is 0.519. The summed E-state index contributed by atoms with van der Waals surface area (Å²) in [6, 6.07) is 4.81. The highest BCUT2D eigenvalue weighted by Crippen LogP contribution is 2.04. The average molecular weight is 281 g/mol. The minimum absolute atomic E-state index is 0.0725. The van der Waals surface area contributed by atoms with Gasteiger partial charge < -0.3 is 16.4 Å². The summed E-state index contributed by atoms with van der Waals surface area (Å²) in [5.41, 5.74) is 5.83. The first-order valence-electron chi connectivity index (χ1n) is 6.48. The number of urea groups is 1. The third-order valence-corrected chi connectivity index (χ3v) is 2.85. The maximum atomic E-state index is 13.0. The largest absolute Gasteiger partial charge is 0.354 e. The van der Waals surface area contributed by atoms with Crippen molar-refractivity contribution < 1.29 is 14.0 Å². The van der Waals surface area contributed by atoms with Crippen LogP contribution in [0.15, 0.2) is 24.3 Å². The minimum Gasteiger partial charge on any atom is -0.354 e. The number of rotatable bonds is 6. The van der Waals surface area contributed by atoms with Gasteiger partial charge in [-0.05, 0) is 30.0 Å². The second-order valence-electron chi connectivity index (χ2n) is 4.90. The fraction of sp³-hybridized carbons (Fsp3) is 0.429. The van der Waals surface area contributed by atoms with Crippen LogP contribution in [0.2, 0.25) is 0 Å². The smallest absolute Gasteiger partial charge is 0.312 e. The van der Waals surface area contributed by atoms with Gasteiger partial charge in [-0.2, -0.15) is 0 Å². The Morgan fingerprint density at radius 1 is 1.35 bits per heavy atom. The van der Waals surface area contributed by atoms with E-state index in [1.807, 2.05) is 13.8 Å². The standard InChI is InChI=1S/C14H20FN3O2/c1-9(2)12(18-14(16)20)13(19)17-7-6-10-4-3-5-11(15)8-10/h3-5,8-9,12H,6-7H2,1-2H3,(H,17,19)(H3,16,18,20). The number of primary amides is 1. The molecule has 1 atom stereocenters. The van der Waals surface area contributed by atoms with E-state index in [4.69, 9.17) is 5.73 Å². The summed E-state index contributed by atoms with van der Waals surface area (Å²) in [5, 5.41) is 5.11. The molecule has 0 spiro atoms. The SMILES string of the molecule is CC(C)C(NC(N)=O)C(=O)NCCc1cccc(F)c1. The number of hydrogen-bond donors (Lipinski definition) is 3. The maximum absolute atomic E-state index is 13.0. The van der Waals surface area contributed by atoms with Gasteiger partial charge in [0.15, 0.2) is 0 Å². The zero-order chi connectivity index (χ0) is 15.1. The molecule has 0 aromatic heterocycles. The van der Waals surface area contributed by atoms with E-state index in [1.54, 1.807) is 12.1 Å². The van der Waals surface area contributed by atoms with Crippen LogP contribution in [0, 0.1) is 11.7 Å². The van der Waals surface area contributed by atoms with Gasteiger partial charge in [-0.3, -0.25) is 4.79 Å². The summed E-state index contributed by atoms with van der Waals surface area (Å²) < 4.78 is 13.0. The summed E-state index contributed by atoms with van der Waals surface area (Å²) in [5.74, 6) is -0.670. The van der Waals surface area contributed by atoms with E-state index in [2.05, 4.69) is 10.6 Å². The van der Waals surface area contributed by atoms with Gasteiger partial charge in [-0.1, -0.05) is 26.0 Å². The molecule has 4 N–H and O–H groups in total. The lowest BCUT2D eigenvalue weighted by Gasteiger charge is -2.20. The third-order valence-electron chi connectivity index (χ3n) is 2.85. The lowest BCUT2D eigenvalue weighted by Crippen LogP contribution is -2.51. The van der Waals surface area contributed by atoms with Crippen LogP contribution in [0.5, 0.6) is 0 Å². The number of hydrogen-bond acceptors (Lipinski definition) is 2. The van der Waals surface area contributed by atoms with Crippen LogP contribution in [-0.4, -0.2) is 24.5 Å². The highest BCUT2D eigenvalue weighted by molar-refractivity contribution is 5.86. The van der Waals surface area contributed by atoms with Crippen LogP contribution in [0.4, 0.5) is 9.18 Å². The average Bonchev–Trinajstić information content (AvgIpc) is 2.35. The number of nitrogens with one attached hydrogen (secondary N) is 2. The number of carbonyl (C=O) groups excluding carboxylic acids is 2. The van der Waals surface area contributed by atoms with E-state index in [9.17, 15) is 14.0 Å². The van der Waals surface area contributed by atoms with Crippen LogP contribution in [0.1, 0.15) is 19.4 Å². The quantitative estimate of drug-likeness (QED) is 0.731. The van der Waals surface area contributed by atoms with E-state index in [1.165, 1.54) is 12.1 Å². The fourth-order valence-corrected chi connectivity index (χ4v) is 1.82. The number of halogens is 1. The Hall–Kier alpha value is -2.11. The van der Waals surface area contributed by atoms with Gasteiger partial charge in [0.25, 0.3) is 0 Å². The molecule has 0 saturated carbocycles. The molecule has 3 amide bonds. The molecule has 1 aromatic rings. The Morgan fingerprint density at radius 2 is 2.05 bits per heavy atom. The van der Waals surface area contributed by atoms with Gasteiger partial charge in [-0.15, -0.1) is 0 Å². The molecule has 0 aliphatic carbocycles. The van der Waals surface area contributed by atoms with Crippen LogP contribution >= 0.6 is 0 Å². The molecule has 1 unspecified atom stereocenters. The Kier molecular flexibility index (Phi) is 5.96. The lowest BCUT2D eigenvalue weighted by molar-refractivity contribution is -0.123. The fourth-order valence-electron chi connectivity index (χ4n) is 1.82. The number of nitrogens with two attached hydrogens (primary N) is 1. The summed E-state index contributed by atoms with van der Waals surface area (Å²) in [6.45, 7) is 3.99. The third kappa shape index (κ3) is 5.26. The molecular weight excluding hydrogens is 261 g/mol. The normalized spacial score (nSPS) is 12.0. The molecule has 6 heteroatoms. The van der Waals surface area contributed by atoms with Gasteiger partial charge in [0, 0.05) is 6.54 Å². The molecule has 0 radical (unpaired) electrons. The van der Waals surface area contributed by atoms with Crippen molar-refractivity contribution in [2.24, 2.45) is 11.7 Å². The van der Waals surface area contributed by atoms with E-state index in [-0.39, 0.29) is 17.6 Å². The first-order valence-corrected chi connectivity index (χ1v) is 6.48. The van der Waals surface area contributed by atoms with Crippen molar-refractivity contribution in [2.45, 2.75) is 26.3 Å². The minimum atomic E-state index is -0.732. The number of benzene rings is 1. The van der Waals surface area contributed by atoms with Crippen molar-refractivity contribution >= 4 is 11.9 Å². The second kappa shape index (κ2) is 7.47. The predicted octanol–water partition coefficient (Wildman–Crippen LogP) is 1.18. The topological polar surface area (TPSA) is 84.2 Å². The molecule has 0 heterocycles. The molecule has 110 valence electrons. The molecule has 0 fully saturated rings. The van der Waals surface area contributed by atoms with Crippen LogP contribution in [0.3, 0.4) is 0 Å². The lowest BCUT2D eigenvalue weighted by atomic mass is 10.0. The van der Waals surface area contributed by atoms with Gasteiger partial charge in [0.1, 0.15) is 11.9 Å². The van der Waals surface area contributed by atoms with Gasteiger partial charge in [-0.25, -0.2) is 9.18 Å². The van der Waals surface area contributed by atoms with Gasteiger partial charge in [0.2, 0.25) is 5.91 Å². The molecule has 1 aromatic carbocycles. The number of carbonyl (C=O) groups is 2. The zero-order valence-corrected chi connectivity index (χ0v) is 11.7. The van der Waals surface area contributed by atoms with E-state index in [0.717, 1.165) is 5.56 Å². The van der Waals surface area contributed by atoms with E-state index in [0.29, 0.717) is 13.0 Å². The second-order valence-corrected chi connectivity index (χ2v) is 4.90. The molecule has 5 nitrogen and oxygen atoms in total. The molecule has 0 aliphatic rings. The maximum Gasteiger partial charge on any atom is 0.312 e. The monoisotopic (exact) mass is 281 g/mol. The van der Waals surface area contributed by atoms with Gasteiger partial charge in [0.05, 0.1) is 0 Å². The van der Waals surface area contributed by atoms with Gasteiger partial charge >= 0.3 is 6.03 Å². The highest BCUT2D eigenvalue weighted by Gasteiger charge is 2.22. The Morgan fingerprint density at radius 3 is 2.60 bits per heavy atom. The predicted molar refractivity (Wildman–Crippen MR) is 74.5 cm³/mol. The van der Waals surface area contributed by atoms with E-state index < -0.39 is 12.1 Å². The van der Waals surface area contributed by atoms with Crippen molar-refractivity contribution in [3.05, 3.63) is 35.6 Å². The Labute approximate surface area is 117 Å². The first kappa shape index (κ1) is 15.9. The highest BCUT2D eigenvalue weighted by atomic mass is 19.1. The summed E-state index contributed by atoms with van der Waals surface area (Å²) in [4.78, 5) is 22.8. The summed E-state index contributed by atoms with van der Waals surface area (Å²) >= 11 is 0. The first-order chi connectivity index (χ1) is 9.40. The molecule has 0 saturated heterocycles. The van der Waals surface area contributed by atoms with Crippen molar-refractivity contribution in [1.82, 2.24) is 10.6 Å². The molecular formula is C14H20FN3O2. The van der Waals surface area contributed by atoms with E-state index >= 15 is 0 Å². The summed E-state index contributed by atoms with van der Waals surface area (Å²) in [7, 11) is 0. The number of amides is 3. The van der Waals surface area contributed by atoms with Crippen molar-refractivity contribution in [3.63, 3.8) is 0 Å². The Bertz CT molecular complexity index is 477. The molecule has 1 rings (SSSR count). The van der Waals surface area contributed by atoms with Crippen LogP contribution in [0.25, 0.3) is 0 Å². The Balaban J connectivity index is 2.47. The van der Waals surface area contributed by atoms with Crippen LogP contribution in [-0.2, 0) is 11.2 Å². The molecule has 20 heavy (non-hydrogen) atoms. The van der Waals surface area contributed by atoms with Crippen molar-refractivity contribution in [2.75, 3.05) is 6.54 Å². The van der Waals surface area contributed by atoms with Crippen molar-refractivity contribution in [1.29, 1.82) is 0 Å². The van der Waals surface area contributed by atoms with Crippen LogP contribution < -0.4 is 16.4 Å². The zero-order valence-electron chi connectivity index (χ0n) is 11.7. The molecule has 0 aliphatic heterocycles. The van der Waals surface area contributed by atoms with Crippen molar-refractivity contribution in [3.8, 4) is 0 Å².